The molecule has 24 heavy (non-hydrogen) atoms. The van der Waals surface area contributed by atoms with E-state index in [1.165, 1.54) is 23.9 Å². The molecule has 0 saturated carbocycles. The minimum atomic E-state index is -0.423. The molecule has 3 rings (SSSR count). The zero-order valence-corrected chi connectivity index (χ0v) is 13.7. The Morgan fingerprint density at radius 2 is 2.29 bits per heavy atom. The van der Waals surface area contributed by atoms with Crippen LogP contribution in [0.5, 0.6) is 0 Å². The van der Waals surface area contributed by atoms with Gasteiger partial charge in [-0.25, -0.2) is 4.39 Å². The molecule has 2 heterocycles. The number of hydrogen-bond acceptors (Lipinski definition) is 5. The van der Waals surface area contributed by atoms with Gasteiger partial charge in [-0.3, -0.25) is 4.79 Å². The van der Waals surface area contributed by atoms with E-state index >= 15 is 0 Å². The van der Waals surface area contributed by atoms with Gasteiger partial charge in [0.1, 0.15) is 17.9 Å². The van der Waals surface area contributed by atoms with Gasteiger partial charge in [-0.05, 0) is 37.3 Å². The van der Waals surface area contributed by atoms with E-state index in [4.69, 9.17) is 4.42 Å². The summed E-state index contributed by atoms with van der Waals surface area (Å²) in [5.41, 5.74) is 0.421. The van der Waals surface area contributed by atoms with E-state index < -0.39 is 11.1 Å². The van der Waals surface area contributed by atoms with Crippen molar-refractivity contribution in [3.8, 4) is 0 Å². The second-order valence-corrected chi connectivity index (χ2v) is 6.39. The summed E-state index contributed by atoms with van der Waals surface area (Å²) in [6, 6.07) is 9.44. The molecule has 3 aromatic rings. The summed E-state index contributed by atoms with van der Waals surface area (Å²) < 4.78 is 20.3. The fraction of sp³-hybridized carbons (Fsp3) is 0.188. The fourth-order valence-corrected chi connectivity index (χ4v) is 2.86. The Balaban J connectivity index is 1.63. The van der Waals surface area contributed by atoms with E-state index in [0.717, 1.165) is 5.76 Å². The summed E-state index contributed by atoms with van der Waals surface area (Å²) in [6.07, 6.45) is 3.18. The molecule has 0 aliphatic rings. The number of carbonyl (C=O) groups excluding carboxylic acids is 1. The van der Waals surface area contributed by atoms with Crippen LogP contribution >= 0.6 is 11.8 Å². The zero-order chi connectivity index (χ0) is 16.9. The maximum absolute atomic E-state index is 13.2. The van der Waals surface area contributed by atoms with Crippen LogP contribution < -0.4 is 5.32 Å². The molecular weight excluding hydrogens is 331 g/mol. The van der Waals surface area contributed by atoms with Crippen molar-refractivity contribution < 1.29 is 13.6 Å². The Labute approximate surface area is 142 Å². The van der Waals surface area contributed by atoms with Crippen LogP contribution in [0.1, 0.15) is 12.7 Å². The van der Waals surface area contributed by atoms with Crippen molar-refractivity contribution >= 4 is 23.4 Å². The number of anilines is 1. The molecule has 0 spiro atoms. The molecule has 0 saturated heterocycles. The number of amides is 1. The number of benzene rings is 1. The molecule has 0 aliphatic carbocycles. The Kier molecular flexibility index (Phi) is 4.95. The molecule has 2 aromatic heterocycles. The van der Waals surface area contributed by atoms with Crippen molar-refractivity contribution in [2.24, 2.45) is 0 Å². The highest BCUT2D eigenvalue weighted by molar-refractivity contribution is 8.00. The molecule has 0 radical (unpaired) electrons. The maximum atomic E-state index is 13.2. The van der Waals surface area contributed by atoms with Crippen LogP contribution in [0.2, 0.25) is 0 Å². The van der Waals surface area contributed by atoms with Crippen LogP contribution in [0.15, 0.2) is 58.6 Å². The van der Waals surface area contributed by atoms with Gasteiger partial charge < -0.3 is 14.3 Å². The molecule has 1 atom stereocenters. The zero-order valence-electron chi connectivity index (χ0n) is 12.8. The van der Waals surface area contributed by atoms with Crippen molar-refractivity contribution in [2.75, 3.05) is 5.32 Å². The summed E-state index contributed by atoms with van der Waals surface area (Å²) >= 11 is 1.27. The van der Waals surface area contributed by atoms with Crippen LogP contribution in [0.4, 0.5) is 10.1 Å². The van der Waals surface area contributed by atoms with Crippen LogP contribution in [-0.4, -0.2) is 25.9 Å². The molecule has 8 heteroatoms. The number of nitrogens with one attached hydrogen (secondary N) is 1. The van der Waals surface area contributed by atoms with Crippen LogP contribution in [-0.2, 0) is 11.3 Å². The standard InChI is InChI=1S/C16H15FN4O2S/c1-11(15(22)19-13-5-2-4-12(17)8-13)24-16-20-18-10-21(16)9-14-6-3-7-23-14/h2-8,10-11H,9H2,1H3,(H,19,22). The van der Waals surface area contributed by atoms with Crippen LogP contribution in [0, 0.1) is 5.82 Å². The molecule has 1 N–H and O–H groups in total. The molecule has 6 nitrogen and oxygen atoms in total. The van der Waals surface area contributed by atoms with Crippen molar-refractivity contribution in [2.45, 2.75) is 23.9 Å². The number of rotatable bonds is 6. The van der Waals surface area contributed by atoms with Crippen LogP contribution in [0.25, 0.3) is 0 Å². The first-order chi connectivity index (χ1) is 11.6. The first-order valence-electron chi connectivity index (χ1n) is 7.25. The van der Waals surface area contributed by atoms with Crippen LogP contribution in [0.3, 0.4) is 0 Å². The second kappa shape index (κ2) is 7.31. The highest BCUT2D eigenvalue weighted by Crippen LogP contribution is 2.23. The molecule has 1 aromatic carbocycles. The lowest BCUT2D eigenvalue weighted by Crippen LogP contribution is -2.23. The number of hydrogen-bond donors (Lipinski definition) is 1. The van der Waals surface area contributed by atoms with Gasteiger partial charge >= 0.3 is 0 Å². The average molecular weight is 346 g/mol. The fourth-order valence-electron chi connectivity index (χ4n) is 2.04. The number of nitrogens with zero attached hydrogens (tertiary/aromatic N) is 3. The van der Waals surface area contributed by atoms with Crippen molar-refractivity contribution in [1.29, 1.82) is 0 Å². The van der Waals surface area contributed by atoms with Gasteiger partial charge in [0, 0.05) is 5.69 Å². The van der Waals surface area contributed by atoms with E-state index in [-0.39, 0.29) is 5.91 Å². The molecule has 1 amide bonds. The average Bonchev–Trinajstić information content (AvgIpc) is 3.20. The number of halogens is 1. The third-order valence-electron chi connectivity index (χ3n) is 3.23. The van der Waals surface area contributed by atoms with Gasteiger partial charge in [-0.2, -0.15) is 0 Å². The Morgan fingerprint density at radius 1 is 1.42 bits per heavy atom. The molecule has 124 valence electrons. The minimum Gasteiger partial charge on any atom is -0.467 e. The summed E-state index contributed by atoms with van der Waals surface area (Å²) in [5.74, 6) is 0.137. The predicted octanol–water partition coefficient (Wildman–Crippen LogP) is 3.18. The first-order valence-corrected chi connectivity index (χ1v) is 8.13. The molecule has 0 fully saturated rings. The highest BCUT2D eigenvalue weighted by Gasteiger charge is 2.18. The minimum absolute atomic E-state index is 0.238. The molecule has 0 bridgehead atoms. The van der Waals surface area contributed by atoms with E-state index in [1.54, 1.807) is 36.2 Å². The van der Waals surface area contributed by atoms with E-state index in [9.17, 15) is 9.18 Å². The third-order valence-corrected chi connectivity index (χ3v) is 4.32. The van der Waals surface area contributed by atoms with Gasteiger partial charge in [0.05, 0.1) is 18.1 Å². The smallest absolute Gasteiger partial charge is 0.237 e. The van der Waals surface area contributed by atoms with Crippen molar-refractivity contribution in [3.63, 3.8) is 0 Å². The largest absolute Gasteiger partial charge is 0.467 e. The van der Waals surface area contributed by atoms with Gasteiger partial charge in [0.15, 0.2) is 5.16 Å². The van der Waals surface area contributed by atoms with Gasteiger partial charge in [0.2, 0.25) is 5.91 Å². The Hall–Kier alpha value is -2.61. The van der Waals surface area contributed by atoms with Gasteiger partial charge in [0.25, 0.3) is 0 Å². The highest BCUT2D eigenvalue weighted by atomic mass is 32.2. The number of carbonyl (C=O) groups is 1. The van der Waals surface area contributed by atoms with E-state index in [0.29, 0.717) is 17.4 Å². The first kappa shape index (κ1) is 16.3. The molecule has 1 unspecified atom stereocenters. The Morgan fingerprint density at radius 3 is 3.04 bits per heavy atom. The van der Waals surface area contributed by atoms with Gasteiger partial charge in [-0.1, -0.05) is 17.8 Å². The summed E-state index contributed by atoms with van der Waals surface area (Å²) in [6.45, 7) is 2.24. The number of aromatic nitrogens is 3. The predicted molar refractivity (Wildman–Crippen MR) is 88.2 cm³/mol. The molecular formula is C16H15FN4O2S. The quantitative estimate of drug-likeness (QED) is 0.694. The van der Waals surface area contributed by atoms with E-state index in [1.807, 2.05) is 12.1 Å². The monoisotopic (exact) mass is 346 g/mol. The lowest BCUT2D eigenvalue weighted by Gasteiger charge is -2.12. The lowest BCUT2D eigenvalue weighted by molar-refractivity contribution is -0.115. The summed E-state index contributed by atoms with van der Waals surface area (Å²) in [5, 5.41) is 10.8. The normalized spacial score (nSPS) is 12.1. The number of thioether (sulfide) groups is 1. The van der Waals surface area contributed by atoms with Gasteiger partial charge in [-0.15, -0.1) is 10.2 Å². The van der Waals surface area contributed by atoms with Crippen molar-refractivity contribution in [3.05, 3.63) is 60.6 Å². The third kappa shape index (κ3) is 4.02. The number of furan rings is 1. The topological polar surface area (TPSA) is 73.0 Å². The molecule has 0 aliphatic heterocycles. The lowest BCUT2D eigenvalue weighted by atomic mass is 10.3. The summed E-state index contributed by atoms with van der Waals surface area (Å²) in [7, 11) is 0. The SMILES string of the molecule is CC(Sc1nncn1Cc1ccco1)C(=O)Nc1cccc(F)c1. The maximum Gasteiger partial charge on any atom is 0.237 e. The summed E-state index contributed by atoms with van der Waals surface area (Å²) in [4.78, 5) is 12.2. The Bertz CT molecular complexity index is 819. The second-order valence-electron chi connectivity index (χ2n) is 5.08. The van der Waals surface area contributed by atoms with E-state index in [2.05, 4.69) is 15.5 Å². The van der Waals surface area contributed by atoms with Crippen molar-refractivity contribution in [1.82, 2.24) is 14.8 Å².